The fourth-order valence-electron chi connectivity index (χ4n) is 10.6. The number of nitrogens with one attached hydrogen (secondary N) is 1. The number of benzene rings is 10. The summed E-state index contributed by atoms with van der Waals surface area (Å²) in [6.07, 6.45) is -0.647. The van der Waals surface area contributed by atoms with Crippen molar-refractivity contribution in [1.82, 2.24) is 9.88 Å². The standard InChI is InChI=1S/C59H34N4O2S/c1-2-13-34-30-49-45(28-33(34)12-1)39-16-5-8-21-48(39)63(49)37-25-27-51-46(32-37)54-38-15-4-3-14-35(38)29-47(56(54)65-51)59-61-57(36-24-26-42-41-18-7-10-23-52(41)66-53(42)31-36)60-58(62-59)44-20-11-19-43-40-17-6-9-22-50(40)64-55(43)44/h1-32,59H,(H,60,61,62). The molecule has 0 amide bonds. The van der Waals surface area contributed by atoms with Crippen LogP contribution in [0.3, 0.4) is 0 Å². The third-order valence-corrected chi connectivity index (χ3v) is 14.7. The Hall–Kier alpha value is -8.52. The fraction of sp³-hybridized carbons (Fsp3) is 0.0169. The smallest absolute Gasteiger partial charge is 0.173 e. The van der Waals surface area contributed by atoms with Crippen LogP contribution in [0.2, 0.25) is 0 Å². The summed E-state index contributed by atoms with van der Waals surface area (Å²) in [5.74, 6) is 1.42. The van der Waals surface area contributed by atoms with Crippen LogP contribution in [0.5, 0.6) is 0 Å². The summed E-state index contributed by atoms with van der Waals surface area (Å²) < 4.78 is 18.5. The third-order valence-electron chi connectivity index (χ3n) is 13.6. The van der Waals surface area contributed by atoms with E-state index < -0.39 is 6.17 Å². The van der Waals surface area contributed by atoms with Gasteiger partial charge in [0.1, 0.15) is 34.0 Å². The molecule has 0 saturated carbocycles. The molecule has 1 unspecified atom stereocenters. The number of nitrogens with zero attached hydrogens (tertiary/aromatic N) is 3. The topological polar surface area (TPSA) is 68.0 Å². The maximum absolute atomic E-state index is 7.05. The Labute approximate surface area is 379 Å². The van der Waals surface area contributed by atoms with Crippen molar-refractivity contribution in [3.05, 3.63) is 211 Å². The fourth-order valence-corrected chi connectivity index (χ4v) is 11.7. The van der Waals surface area contributed by atoms with Gasteiger partial charge in [0.05, 0.1) is 16.6 Å². The Morgan fingerprint density at radius 2 is 1.14 bits per heavy atom. The van der Waals surface area contributed by atoms with Gasteiger partial charge in [-0.05, 0) is 88.3 Å². The zero-order valence-corrected chi connectivity index (χ0v) is 35.9. The highest BCUT2D eigenvalue weighted by molar-refractivity contribution is 7.25. The van der Waals surface area contributed by atoms with Crippen molar-refractivity contribution < 1.29 is 8.83 Å². The van der Waals surface area contributed by atoms with Crippen LogP contribution < -0.4 is 5.32 Å². The van der Waals surface area contributed by atoms with Crippen molar-refractivity contribution in [2.24, 2.45) is 9.98 Å². The van der Waals surface area contributed by atoms with Gasteiger partial charge in [-0.25, -0.2) is 9.98 Å². The van der Waals surface area contributed by atoms with Crippen LogP contribution in [0.25, 0.3) is 113 Å². The third kappa shape index (κ3) is 5.17. The molecule has 308 valence electrons. The lowest BCUT2D eigenvalue weighted by Gasteiger charge is -2.23. The van der Waals surface area contributed by atoms with Gasteiger partial charge < -0.3 is 18.7 Å². The van der Waals surface area contributed by atoms with E-state index in [9.17, 15) is 0 Å². The first kappa shape index (κ1) is 35.9. The monoisotopic (exact) mass is 862 g/mol. The maximum atomic E-state index is 7.05. The number of para-hydroxylation sites is 3. The lowest BCUT2D eigenvalue weighted by atomic mass is 9.98. The van der Waals surface area contributed by atoms with Gasteiger partial charge in [-0.3, -0.25) is 0 Å². The first-order valence-corrected chi connectivity index (χ1v) is 23.1. The molecule has 15 rings (SSSR count). The Morgan fingerprint density at radius 3 is 2.05 bits per heavy atom. The number of aromatic nitrogens is 1. The van der Waals surface area contributed by atoms with E-state index in [1.165, 1.54) is 47.2 Å². The Morgan fingerprint density at radius 1 is 0.439 bits per heavy atom. The molecule has 14 aromatic rings. The van der Waals surface area contributed by atoms with Gasteiger partial charge in [-0.1, -0.05) is 127 Å². The zero-order valence-electron chi connectivity index (χ0n) is 35.1. The number of amidine groups is 2. The minimum absolute atomic E-state index is 0.647. The van der Waals surface area contributed by atoms with Crippen LogP contribution in [0, 0.1) is 0 Å². The summed E-state index contributed by atoms with van der Waals surface area (Å²) >= 11 is 1.80. The first-order chi connectivity index (χ1) is 32.7. The molecular formula is C59H34N4O2S. The Bertz CT molecular complexity index is 4470. The molecule has 0 aliphatic carbocycles. The summed E-state index contributed by atoms with van der Waals surface area (Å²) in [5, 5.41) is 17.5. The van der Waals surface area contributed by atoms with E-state index in [0.29, 0.717) is 5.84 Å². The van der Waals surface area contributed by atoms with Gasteiger partial charge in [0.25, 0.3) is 0 Å². The Kier molecular flexibility index (Phi) is 7.34. The molecular weight excluding hydrogens is 829 g/mol. The molecule has 10 aromatic carbocycles. The van der Waals surface area contributed by atoms with Crippen LogP contribution in [-0.2, 0) is 0 Å². The predicted octanol–water partition coefficient (Wildman–Crippen LogP) is 15.8. The molecule has 0 radical (unpaired) electrons. The van der Waals surface area contributed by atoms with Crippen LogP contribution >= 0.6 is 11.3 Å². The number of hydrogen-bond acceptors (Lipinski definition) is 6. The normalized spacial score (nSPS) is 14.5. The molecule has 0 fully saturated rings. The number of aliphatic imine (C=N–C) groups is 2. The molecule has 1 atom stereocenters. The minimum atomic E-state index is -0.647. The van der Waals surface area contributed by atoms with E-state index in [4.69, 9.17) is 18.8 Å². The number of rotatable bonds is 4. The van der Waals surface area contributed by atoms with E-state index in [0.717, 1.165) is 88.4 Å². The van der Waals surface area contributed by atoms with E-state index in [2.05, 4.69) is 192 Å². The van der Waals surface area contributed by atoms with Gasteiger partial charge in [0.2, 0.25) is 0 Å². The highest BCUT2D eigenvalue weighted by Crippen LogP contribution is 2.44. The maximum Gasteiger partial charge on any atom is 0.173 e. The van der Waals surface area contributed by atoms with Crippen LogP contribution in [0.1, 0.15) is 22.9 Å². The van der Waals surface area contributed by atoms with Crippen molar-refractivity contribution in [1.29, 1.82) is 0 Å². The molecule has 6 nitrogen and oxygen atoms in total. The number of thiophene rings is 1. The minimum Gasteiger partial charge on any atom is -0.456 e. The van der Waals surface area contributed by atoms with Crippen LogP contribution in [0.4, 0.5) is 0 Å². The summed E-state index contributed by atoms with van der Waals surface area (Å²) in [6.45, 7) is 0. The molecule has 4 aromatic heterocycles. The first-order valence-electron chi connectivity index (χ1n) is 22.2. The van der Waals surface area contributed by atoms with Crippen LogP contribution in [0.15, 0.2) is 213 Å². The number of hydrogen-bond donors (Lipinski definition) is 1. The largest absolute Gasteiger partial charge is 0.456 e. The van der Waals surface area contributed by atoms with Crippen molar-refractivity contribution in [2.75, 3.05) is 0 Å². The van der Waals surface area contributed by atoms with E-state index in [1.807, 2.05) is 12.1 Å². The van der Waals surface area contributed by atoms with Crippen molar-refractivity contribution in [3.8, 4) is 5.69 Å². The van der Waals surface area contributed by atoms with Crippen molar-refractivity contribution in [2.45, 2.75) is 6.17 Å². The summed E-state index contributed by atoms with van der Waals surface area (Å²) in [4.78, 5) is 11.0. The lowest BCUT2D eigenvalue weighted by molar-refractivity contribution is 0.649. The van der Waals surface area contributed by atoms with Gasteiger partial charge >= 0.3 is 0 Å². The quantitative estimate of drug-likeness (QED) is 0.192. The van der Waals surface area contributed by atoms with Gasteiger partial charge in [-0.2, -0.15) is 0 Å². The second-order valence-electron chi connectivity index (χ2n) is 17.3. The predicted molar refractivity (Wildman–Crippen MR) is 275 cm³/mol. The second-order valence-corrected chi connectivity index (χ2v) is 18.4. The molecule has 0 bridgehead atoms. The molecule has 0 spiro atoms. The molecule has 7 heteroatoms. The zero-order chi connectivity index (χ0) is 43.0. The number of fused-ring (bicyclic) bond motifs is 15. The van der Waals surface area contributed by atoms with Gasteiger partial charge in [0.15, 0.2) is 6.17 Å². The van der Waals surface area contributed by atoms with E-state index in [-0.39, 0.29) is 0 Å². The second kappa shape index (κ2) is 13.5. The van der Waals surface area contributed by atoms with Crippen LogP contribution in [-0.4, -0.2) is 16.2 Å². The molecule has 0 saturated heterocycles. The average Bonchev–Trinajstić information content (AvgIpc) is 4.14. The summed E-state index contributed by atoms with van der Waals surface area (Å²) in [5.41, 5.74) is 9.33. The Balaban J connectivity index is 0.970. The van der Waals surface area contributed by atoms with E-state index >= 15 is 0 Å². The van der Waals surface area contributed by atoms with Crippen molar-refractivity contribution >= 4 is 130 Å². The van der Waals surface area contributed by atoms with Gasteiger partial charge in [0, 0.05) is 69.3 Å². The molecule has 5 heterocycles. The summed E-state index contributed by atoms with van der Waals surface area (Å²) in [6, 6.07) is 69.1. The molecule has 66 heavy (non-hydrogen) atoms. The summed E-state index contributed by atoms with van der Waals surface area (Å²) in [7, 11) is 0. The molecule has 1 N–H and O–H groups in total. The number of furan rings is 2. The lowest BCUT2D eigenvalue weighted by Crippen LogP contribution is -2.36. The molecule has 1 aliphatic rings. The average molecular weight is 863 g/mol. The highest BCUT2D eigenvalue weighted by atomic mass is 32.1. The highest BCUT2D eigenvalue weighted by Gasteiger charge is 2.28. The van der Waals surface area contributed by atoms with Gasteiger partial charge in [-0.15, -0.1) is 11.3 Å². The van der Waals surface area contributed by atoms with Crippen molar-refractivity contribution in [3.63, 3.8) is 0 Å². The van der Waals surface area contributed by atoms with E-state index in [1.54, 1.807) is 11.3 Å². The SMILES string of the molecule is c1ccc2cc3c(cc2c1)c1ccccc1n3-c1ccc2oc3c(C4N=C(c5ccc6c(c5)sc5ccccc56)NC(c5cccc6c5oc5ccccc56)=N4)cc4ccccc4c3c2c1. The molecule has 1 aliphatic heterocycles.